The van der Waals surface area contributed by atoms with Crippen LogP contribution in [0.2, 0.25) is 0 Å². The van der Waals surface area contributed by atoms with Crippen molar-refractivity contribution in [1.29, 1.82) is 0 Å². The van der Waals surface area contributed by atoms with Gasteiger partial charge >= 0.3 is 0 Å². The van der Waals surface area contributed by atoms with Crippen LogP contribution in [-0.2, 0) is 17.6 Å². The molecule has 29 heavy (non-hydrogen) atoms. The molecular formula is C22H22N2O5. The fourth-order valence-electron chi connectivity index (χ4n) is 3.11. The maximum absolute atomic E-state index is 12.3. The number of rotatable bonds is 7. The van der Waals surface area contributed by atoms with E-state index in [1.807, 2.05) is 49.4 Å². The number of fused-ring (bicyclic) bond motifs is 1. The van der Waals surface area contributed by atoms with Crippen LogP contribution in [0.3, 0.4) is 0 Å². The Hall–Kier alpha value is -3.48. The number of methoxy groups -OCH3 is 1. The minimum absolute atomic E-state index is 0.0941. The first-order chi connectivity index (χ1) is 14.1. The third kappa shape index (κ3) is 4.34. The van der Waals surface area contributed by atoms with Gasteiger partial charge in [0.05, 0.1) is 19.2 Å². The Bertz CT molecular complexity index is 1010. The van der Waals surface area contributed by atoms with E-state index in [0.29, 0.717) is 30.3 Å². The Morgan fingerprint density at radius 2 is 1.93 bits per heavy atom. The van der Waals surface area contributed by atoms with Crippen LogP contribution < -0.4 is 19.5 Å². The van der Waals surface area contributed by atoms with Crippen LogP contribution in [0, 0.1) is 6.92 Å². The van der Waals surface area contributed by atoms with Gasteiger partial charge in [-0.25, -0.2) is 4.98 Å². The average molecular weight is 394 g/mol. The van der Waals surface area contributed by atoms with Crippen LogP contribution in [0.5, 0.6) is 17.2 Å². The van der Waals surface area contributed by atoms with Crippen molar-refractivity contribution >= 4 is 5.91 Å². The number of hydrogen-bond acceptors (Lipinski definition) is 6. The molecule has 0 aliphatic carbocycles. The van der Waals surface area contributed by atoms with Crippen LogP contribution in [0.25, 0.3) is 11.5 Å². The Labute approximate surface area is 168 Å². The number of amides is 1. The maximum atomic E-state index is 12.3. The Kier molecular flexibility index (Phi) is 5.37. The third-order valence-electron chi connectivity index (χ3n) is 4.73. The van der Waals surface area contributed by atoms with E-state index in [2.05, 4.69) is 10.3 Å². The van der Waals surface area contributed by atoms with Gasteiger partial charge in [0.1, 0.15) is 11.5 Å². The quantitative estimate of drug-likeness (QED) is 0.662. The average Bonchev–Trinajstić information content (AvgIpc) is 3.34. The number of carbonyl (C=O) groups excluding carboxylic acids is 1. The molecular weight excluding hydrogens is 372 g/mol. The maximum Gasteiger partial charge on any atom is 0.231 e. The van der Waals surface area contributed by atoms with Crippen molar-refractivity contribution in [3.05, 3.63) is 59.5 Å². The standard InChI is InChI=1S/C22H22N2O5/c1-14-18(24-22(29-14)16-4-6-17(26-2)7-5-16)12-21(25)23-10-9-15-3-8-19-20(11-15)28-13-27-19/h3-8,11H,9-10,12-13H2,1-2H3,(H,23,25). The molecule has 0 saturated carbocycles. The van der Waals surface area contributed by atoms with Crippen molar-refractivity contribution in [1.82, 2.24) is 10.3 Å². The SMILES string of the molecule is COc1ccc(-c2nc(CC(=O)NCCc3ccc4c(c3)OCO4)c(C)o2)cc1. The molecule has 2 aromatic carbocycles. The number of carbonyl (C=O) groups is 1. The Morgan fingerprint density at radius 3 is 2.72 bits per heavy atom. The normalized spacial score (nSPS) is 12.1. The number of benzene rings is 2. The van der Waals surface area contributed by atoms with E-state index in [9.17, 15) is 4.79 Å². The van der Waals surface area contributed by atoms with Crippen molar-refractivity contribution in [3.8, 4) is 28.7 Å². The molecule has 1 aliphatic heterocycles. The number of aromatic nitrogens is 1. The van der Waals surface area contributed by atoms with Gasteiger partial charge in [0.2, 0.25) is 18.6 Å². The second-order valence-electron chi connectivity index (χ2n) is 6.71. The number of nitrogens with zero attached hydrogens (tertiary/aromatic N) is 1. The molecule has 150 valence electrons. The molecule has 0 spiro atoms. The van der Waals surface area contributed by atoms with Gasteiger partial charge < -0.3 is 23.9 Å². The van der Waals surface area contributed by atoms with E-state index in [4.69, 9.17) is 18.6 Å². The highest BCUT2D eigenvalue weighted by Crippen LogP contribution is 2.32. The third-order valence-corrected chi connectivity index (χ3v) is 4.73. The summed E-state index contributed by atoms with van der Waals surface area (Å²) in [5, 5.41) is 2.93. The Balaban J connectivity index is 1.32. The van der Waals surface area contributed by atoms with Gasteiger partial charge in [0.15, 0.2) is 11.5 Å². The van der Waals surface area contributed by atoms with Gasteiger partial charge in [-0.2, -0.15) is 0 Å². The minimum atomic E-state index is -0.0941. The lowest BCUT2D eigenvalue weighted by atomic mass is 10.1. The summed E-state index contributed by atoms with van der Waals surface area (Å²) in [6, 6.07) is 13.2. The van der Waals surface area contributed by atoms with Crippen molar-refractivity contribution < 1.29 is 23.4 Å². The predicted octanol–water partition coefficient (Wildman–Crippen LogP) is 3.29. The van der Waals surface area contributed by atoms with Crippen LogP contribution >= 0.6 is 0 Å². The molecule has 1 aromatic heterocycles. The van der Waals surface area contributed by atoms with E-state index >= 15 is 0 Å². The van der Waals surface area contributed by atoms with E-state index in [0.717, 1.165) is 28.4 Å². The molecule has 0 unspecified atom stereocenters. The van der Waals surface area contributed by atoms with E-state index in [1.54, 1.807) is 7.11 Å². The summed E-state index contributed by atoms with van der Waals surface area (Å²) in [4.78, 5) is 16.8. The zero-order valence-electron chi connectivity index (χ0n) is 16.4. The molecule has 1 amide bonds. The molecule has 3 aromatic rings. The molecule has 7 nitrogen and oxygen atoms in total. The first kappa shape index (κ1) is 18.9. The fourth-order valence-corrected chi connectivity index (χ4v) is 3.11. The van der Waals surface area contributed by atoms with Crippen LogP contribution in [0.4, 0.5) is 0 Å². The van der Waals surface area contributed by atoms with Crippen molar-refractivity contribution in [2.45, 2.75) is 19.8 Å². The van der Waals surface area contributed by atoms with E-state index in [-0.39, 0.29) is 19.1 Å². The molecule has 1 aliphatic rings. The monoisotopic (exact) mass is 394 g/mol. The second kappa shape index (κ2) is 8.26. The van der Waals surface area contributed by atoms with E-state index < -0.39 is 0 Å². The number of nitrogens with one attached hydrogen (secondary N) is 1. The van der Waals surface area contributed by atoms with Crippen LogP contribution in [0.1, 0.15) is 17.0 Å². The van der Waals surface area contributed by atoms with E-state index in [1.165, 1.54) is 0 Å². The highest BCUT2D eigenvalue weighted by molar-refractivity contribution is 5.78. The molecule has 0 saturated heterocycles. The molecule has 1 N–H and O–H groups in total. The smallest absolute Gasteiger partial charge is 0.231 e. The highest BCUT2D eigenvalue weighted by Gasteiger charge is 2.16. The first-order valence-corrected chi connectivity index (χ1v) is 9.38. The molecule has 2 heterocycles. The predicted molar refractivity (Wildman–Crippen MR) is 106 cm³/mol. The van der Waals surface area contributed by atoms with Gasteiger partial charge in [-0.15, -0.1) is 0 Å². The molecule has 4 rings (SSSR count). The number of hydrogen-bond donors (Lipinski definition) is 1. The molecule has 7 heteroatoms. The summed E-state index contributed by atoms with van der Waals surface area (Å²) in [5.74, 6) is 3.31. The van der Waals surface area contributed by atoms with Crippen molar-refractivity contribution in [2.75, 3.05) is 20.4 Å². The van der Waals surface area contributed by atoms with Gasteiger partial charge in [-0.05, 0) is 55.3 Å². The number of ether oxygens (including phenoxy) is 3. The minimum Gasteiger partial charge on any atom is -0.497 e. The lowest BCUT2D eigenvalue weighted by Crippen LogP contribution is -2.27. The Morgan fingerprint density at radius 1 is 1.14 bits per heavy atom. The number of oxazole rings is 1. The summed E-state index contributed by atoms with van der Waals surface area (Å²) in [7, 11) is 1.62. The summed E-state index contributed by atoms with van der Waals surface area (Å²) in [6.07, 6.45) is 0.879. The van der Waals surface area contributed by atoms with Crippen LogP contribution in [0.15, 0.2) is 46.9 Å². The summed E-state index contributed by atoms with van der Waals surface area (Å²) >= 11 is 0. The summed E-state index contributed by atoms with van der Waals surface area (Å²) in [5.41, 5.74) is 2.55. The topological polar surface area (TPSA) is 82.8 Å². The number of aryl methyl sites for hydroxylation is 1. The highest BCUT2D eigenvalue weighted by atomic mass is 16.7. The lowest BCUT2D eigenvalue weighted by molar-refractivity contribution is -0.120. The largest absolute Gasteiger partial charge is 0.497 e. The van der Waals surface area contributed by atoms with Gasteiger partial charge in [-0.1, -0.05) is 6.07 Å². The lowest BCUT2D eigenvalue weighted by Gasteiger charge is -2.05. The fraction of sp³-hybridized carbons (Fsp3) is 0.273. The molecule has 0 radical (unpaired) electrons. The summed E-state index contributed by atoms with van der Waals surface area (Å²) < 4.78 is 21.6. The van der Waals surface area contributed by atoms with Crippen molar-refractivity contribution in [3.63, 3.8) is 0 Å². The van der Waals surface area contributed by atoms with Crippen molar-refractivity contribution in [2.24, 2.45) is 0 Å². The first-order valence-electron chi connectivity index (χ1n) is 9.38. The van der Waals surface area contributed by atoms with Gasteiger partial charge in [-0.3, -0.25) is 4.79 Å². The molecule has 0 fully saturated rings. The molecule has 0 atom stereocenters. The second-order valence-corrected chi connectivity index (χ2v) is 6.71. The van der Waals surface area contributed by atoms with Gasteiger partial charge in [0.25, 0.3) is 0 Å². The zero-order valence-corrected chi connectivity index (χ0v) is 16.4. The van der Waals surface area contributed by atoms with Gasteiger partial charge in [0, 0.05) is 12.1 Å². The van der Waals surface area contributed by atoms with Crippen LogP contribution in [-0.4, -0.2) is 31.3 Å². The summed E-state index contributed by atoms with van der Waals surface area (Å²) in [6.45, 7) is 2.60. The zero-order chi connectivity index (χ0) is 20.2. The molecule has 0 bridgehead atoms.